The van der Waals surface area contributed by atoms with Crippen LogP contribution in [0.1, 0.15) is 37.0 Å². The van der Waals surface area contributed by atoms with Gasteiger partial charge in [-0.15, -0.1) is 10.2 Å². The maximum Gasteiger partial charge on any atom is 0.225 e. The van der Waals surface area contributed by atoms with Crippen molar-refractivity contribution >= 4 is 39.9 Å². The van der Waals surface area contributed by atoms with Gasteiger partial charge in [-0.05, 0) is 31.9 Å². The molecule has 1 aromatic heterocycles. The lowest BCUT2D eigenvalue weighted by molar-refractivity contribution is -0.116. The number of amides is 1. The number of ketones is 1. The number of carbonyl (C=O) groups excluding carboxylic acids is 2. The summed E-state index contributed by atoms with van der Waals surface area (Å²) in [4.78, 5) is 25.8. The predicted octanol–water partition coefficient (Wildman–Crippen LogP) is 3.56. The minimum absolute atomic E-state index is 0.0549. The lowest BCUT2D eigenvalue weighted by Gasteiger charge is -2.15. The number of halogens is 1. The Morgan fingerprint density at radius 2 is 2.04 bits per heavy atom. The van der Waals surface area contributed by atoms with Crippen LogP contribution in [0, 0.1) is 5.82 Å². The molecule has 0 radical (unpaired) electrons. The van der Waals surface area contributed by atoms with Crippen molar-refractivity contribution in [2.75, 3.05) is 4.90 Å². The molecule has 1 atom stereocenters. The van der Waals surface area contributed by atoms with E-state index in [9.17, 15) is 14.0 Å². The van der Waals surface area contributed by atoms with Gasteiger partial charge in [0.15, 0.2) is 10.1 Å². The molecule has 1 unspecified atom stereocenters. The van der Waals surface area contributed by atoms with Crippen molar-refractivity contribution in [1.82, 2.24) is 10.2 Å². The number of anilines is 1. The Hall–Kier alpha value is -1.80. The third kappa shape index (κ3) is 3.64. The van der Waals surface area contributed by atoms with Gasteiger partial charge in [0.1, 0.15) is 5.82 Å². The van der Waals surface area contributed by atoms with Crippen molar-refractivity contribution in [2.45, 2.75) is 42.3 Å². The van der Waals surface area contributed by atoms with Crippen LogP contribution < -0.4 is 4.90 Å². The number of aromatic nitrogens is 2. The average molecular weight is 365 g/mol. The molecule has 5 nitrogen and oxygen atoms in total. The third-order valence-electron chi connectivity index (χ3n) is 3.64. The fourth-order valence-corrected chi connectivity index (χ4v) is 4.48. The van der Waals surface area contributed by atoms with E-state index in [-0.39, 0.29) is 23.3 Å². The fourth-order valence-electron chi connectivity index (χ4n) is 2.31. The van der Waals surface area contributed by atoms with E-state index >= 15 is 0 Å². The number of rotatable bonds is 6. The Kier molecular flexibility index (Phi) is 4.96. The van der Waals surface area contributed by atoms with E-state index in [0.29, 0.717) is 9.47 Å². The highest BCUT2D eigenvalue weighted by molar-refractivity contribution is 8.02. The van der Waals surface area contributed by atoms with E-state index in [1.54, 1.807) is 24.0 Å². The summed E-state index contributed by atoms with van der Waals surface area (Å²) in [6.07, 6.45) is 1.95. The summed E-state index contributed by atoms with van der Waals surface area (Å²) in [5.74, 6) is -0.870. The lowest BCUT2D eigenvalue weighted by Crippen LogP contribution is -2.30. The first-order valence-electron chi connectivity index (χ1n) is 7.56. The minimum Gasteiger partial charge on any atom is -0.293 e. The number of thioether (sulfide) groups is 1. The number of hydrogen-bond donors (Lipinski definition) is 0. The second-order valence-corrected chi connectivity index (χ2v) is 8.12. The first-order valence-corrected chi connectivity index (χ1v) is 9.25. The molecule has 3 rings (SSSR count). The van der Waals surface area contributed by atoms with Gasteiger partial charge in [0.05, 0.1) is 10.8 Å². The summed E-state index contributed by atoms with van der Waals surface area (Å²) in [5, 5.41) is 8.19. The van der Waals surface area contributed by atoms with Gasteiger partial charge in [0.25, 0.3) is 0 Å². The van der Waals surface area contributed by atoms with Gasteiger partial charge in [-0.3, -0.25) is 14.5 Å². The van der Waals surface area contributed by atoms with E-state index in [4.69, 9.17) is 0 Å². The topological polar surface area (TPSA) is 63.2 Å². The van der Waals surface area contributed by atoms with E-state index < -0.39 is 11.1 Å². The summed E-state index contributed by atoms with van der Waals surface area (Å²) >= 11 is 2.51. The smallest absolute Gasteiger partial charge is 0.225 e. The second-order valence-electron chi connectivity index (χ2n) is 5.57. The van der Waals surface area contributed by atoms with Crippen LogP contribution in [-0.2, 0) is 4.79 Å². The highest BCUT2D eigenvalue weighted by atomic mass is 32.2. The first kappa shape index (κ1) is 17.0. The van der Waals surface area contributed by atoms with Crippen molar-refractivity contribution in [3.63, 3.8) is 0 Å². The summed E-state index contributed by atoms with van der Waals surface area (Å²) in [7, 11) is 0. The molecule has 8 heteroatoms. The zero-order chi connectivity index (χ0) is 17.3. The van der Waals surface area contributed by atoms with E-state index in [1.807, 2.05) is 0 Å². The molecule has 1 heterocycles. The molecular formula is C16H16FN3O2S2. The summed E-state index contributed by atoms with van der Waals surface area (Å²) in [6.45, 7) is 3.22. The predicted molar refractivity (Wildman–Crippen MR) is 92.1 cm³/mol. The number of Topliss-reactive ketones (excluding diaryl/α,β-unsaturated/α-hetero) is 1. The van der Waals surface area contributed by atoms with Crippen LogP contribution in [0.25, 0.3) is 0 Å². The molecule has 1 fully saturated rings. The van der Waals surface area contributed by atoms with Crippen LogP contribution in [0.5, 0.6) is 0 Å². The Morgan fingerprint density at radius 1 is 1.33 bits per heavy atom. The molecule has 0 spiro atoms. The molecule has 0 saturated heterocycles. The molecule has 1 aliphatic rings. The molecule has 1 saturated carbocycles. The fraction of sp³-hybridized carbons (Fsp3) is 0.375. The zero-order valence-electron chi connectivity index (χ0n) is 13.2. The summed E-state index contributed by atoms with van der Waals surface area (Å²) in [6, 6.07) is 6.15. The number of nitrogens with zero attached hydrogens (tertiary/aromatic N) is 3. The molecule has 1 aromatic carbocycles. The third-order valence-corrected chi connectivity index (χ3v) is 5.75. The van der Waals surface area contributed by atoms with E-state index in [0.717, 1.165) is 12.8 Å². The highest BCUT2D eigenvalue weighted by Crippen LogP contribution is 2.37. The van der Waals surface area contributed by atoms with Crippen molar-refractivity contribution in [1.29, 1.82) is 0 Å². The van der Waals surface area contributed by atoms with Gasteiger partial charge in [0, 0.05) is 13.0 Å². The van der Waals surface area contributed by atoms with Crippen molar-refractivity contribution < 1.29 is 14.0 Å². The van der Waals surface area contributed by atoms with Crippen LogP contribution in [0.2, 0.25) is 0 Å². The molecule has 1 aliphatic carbocycles. The molecule has 0 bridgehead atoms. The average Bonchev–Trinajstić information content (AvgIpc) is 3.26. The highest BCUT2D eigenvalue weighted by Gasteiger charge is 2.34. The van der Waals surface area contributed by atoms with Gasteiger partial charge in [-0.2, -0.15) is 0 Å². The number of hydrogen-bond acceptors (Lipinski definition) is 6. The molecule has 24 heavy (non-hydrogen) atoms. The van der Waals surface area contributed by atoms with Crippen LogP contribution in [0.4, 0.5) is 9.52 Å². The molecule has 0 aliphatic heterocycles. The van der Waals surface area contributed by atoms with Crippen LogP contribution in [0.15, 0.2) is 28.6 Å². The standard InChI is InChI=1S/C16H16FN3O2S2/c1-9(14(22)12-5-3-4-6-13(12)17)23-16-19-18-15(24-16)20(10(2)21)11-7-8-11/h3-6,9,11H,7-8H2,1-2H3. The maximum atomic E-state index is 13.7. The molecule has 126 valence electrons. The Labute approximate surface area is 147 Å². The molecular weight excluding hydrogens is 349 g/mol. The molecule has 0 N–H and O–H groups in total. The van der Waals surface area contributed by atoms with Gasteiger partial charge in [0.2, 0.25) is 11.0 Å². The lowest BCUT2D eigenvalue weighted by atomic mass is 10.1. The number of carbonyl (C=O) groups is 2. The minimum atomic E-state index is -0.524. The normalized spacial score (nSPS) is 15.1. The van der Waals surface area contributed by atoms with Gasteiger partial charge in [-0.1, -0.05) is 35.2 Å². The molecule has 2 aromatic rings. The maximum absolute atomic E-state index is 13.7. The van der Waals surface area contributed by atoms with Crippen molar-refractivity contribution in [3.05, 3.63) is 35.6 Å². The van der Waals surface area contributed by atoms with Gasteiger partial charge in [-0.25, -0.2) is 4.39 Å². The Morgan fingerprint density at radius 3 is 2.67 bits per heavy atom. The van der Waals surface area contributed by atoms with Gasteiger partial charge < -0.3 is 0 Å². The zero-order valence-corrected chi connectivity index (χ0v) is 14.9. The van der Waals surface area contributed by atoms with Gasteiger partial charge >= 0.3 is 0 Å². The second kappa shape index (κ2) is 6.98. The van der Waals surface area contributed by atoms with Crippen LogP contribution in [0.3, 0.4) is 0 Å². The largest absolute Gasteiger partial charge is 0.293 e. The van der Waals surface area contributed by atoms with Crippen molar-refractivity contribution in [3.8, 4) is 0 Å². The number of benzene rings is 1. The summed E-state index contributed by atoms with van der Waals surface area (Å²) in [5.41, 5.74) is 0.0746. The van der Waals surface area contributed by atoms with E-state index in [1.165, 1.54) is 42.2 Å². The monoisotopic (exact) mass is 365 g/mol. The summed E-state index contributed by atoms with van der Waals surface area (Å²) < 4.78 is 14.3. The Balaban J connectivity index is 1.71. The quantitative estimate of drug-likeness (QED) is 0.445. The van der Waals surface area contributed by atoms with Crippen LogP contribution in [-0.4, -0.2) is 33.2 Å². The molecule has 1 amide bonds. The first-order chi connectivity index (χ1) is 11.5. The Bertz CT molecular complexity index is 776. The SMILES string of the molecule is CC(=O)N(c1nnc(SC(C)C(=O)c2ccccc2F)s1)C1CC1. The van der Waals surface area contributed by atoms with Crippen molar-refractivity contribution in [2.24, 2.45) is 0 Å². The van der Waals surface area contributed by atoms with E-state index in [2.05, 4.69) is 10.2 Å². The van der Waals surface area contributed by atoms with Crippen LogP contribution >= 0.6 is 23.1 Å².